The van der Waals surface area contributed by atoms with Crippen LogP contribution in [0.4, 0.5) is 0 Å². The molecule has 0 saturated carbocycles. The summed E-state index contributed by atoms with van der Waals surface area (Å²) in [7, 11) is 0. The fourth-order valence-electron chi connectivity index (χ4n) is 0.991. The van der Waals surface area contributed by atoms with E-state index in [1.165, 1.54) is 0 Å². The minimum absolute atomic E-state index is 0.559. The number of aromatic nitrogens is 3. The molecule has 74 valence electrons. The van der Waals surface area contributed by atoms with Crippen LogP contribution >= 0.6 is 0 Å². The lowest BCUT2D eigenvalue weighted by atomic mass is 10.1. The van der Waals surface area contributed by atoms with E-state index in [0.29, 0.717) is 12.0 Å². The van der Waals surface area contributed by atoms with Gasteiger partial charge in [0.25, 0.3) is 0 Å². The molecule has 0 aliphatic heterocycles. The fourth-order valence-corrected chi connectivity index (χ4v) is 0.991. The van der Waals surface area contributed by atoms with Gasteiger partial charge in [0, 0.05) is 12.6 Å². The summed E-state index contributed by atoms with van der Waals surface area (Å²) in [6.07, 6.45) is 3.30. The second-order valence-electron chi connectivity index (χ2n) is 3.65. The molecule has 0 radical (unpaired) electrons. The lowest BCUT2D eigenvalue weighted by Crippen LogP contribution is -2.33. The van der Waals surface area contributed by atoms with E-state index in [1.54, 1.807) is 12.7 Å². The van der Waals surface area contributed by atoms with Gasteiger partial charge < -0.3 is 5.32 Å². The van der Waals surface area contributed by atoms with Crippen molar-refractivity contribution in [2.45, 2.75) is 33.4 Å². The average Bonchev–Trinajstić information content (AvgIpc) is 2.56. The molecule has 1 N–H and O–H groups in total. The van der Waals surface area contributed by atoms with Gasteiger partial charge in [0.15, 0.2) is 0 Å². The number of hydrogen-bond donors (Lipinski definition) is 1. The zero-order valence-corrected chi connectivity index (χ0v) is 8.57. The normalized spacial score (nSPS) is 13.5. The Balaban J connectivity index is 2.14. The van der Waals surface area contributed by atoms with Crippen molar-refractivity contribution in [1.29, 1.82) is 0 Å². The van der Waals surface area contributed by atoms with E-state index in [0.717, 1.165) is 13.1 Å². The van der Waals surface area contributed by atoms with Crippen LogP contribution in [0.2, 0.25) is 0 Å². The third kappa shape index (κ3) is 3.55. The summed E-state index contributed by atoms with van der Waals surface area (Å²) >= 11 is 0. The van der Waals surface area contributed by atoms with Gasteiger partial charge in [0.05, 0.1) is 6.54 Å². The summed E-state index contributed by atoms with van der Waals surface area (Å²) in [5.41, 5.74) is 0. The van der Waals surface area contributed by atoms with Gasteiger partial charge >= 0.3 is 0 Å². The molecular weight excluding hydrogens is 164 g/mol. The van der Waals surface area contributed by atoms with Crippen LogP contribution in [-0.4, -0.2) is 27.4 Å². The predicted molar refractivity (Wildman–Crippen MR) is 52.3 cm³/mol. The molecule has 1 aromatic heterocycles. The first-order valence-corrected chi connectivity index (χ1v) is 4.76. The van der Waals surface area contributed by atoms with Crippen LogP contribution in [0, 0.1) is 5.92 Å². The van der Waals surface area contributed by atoms with Crippen LogP contribution in [-0.2, 0) is 6.54 Å². The molecule has 4 heteroatoms. The third-order valence-electron chi connectivity index (χ3n) is 2.27. The summed E-state index contributed by atoms with van der Waals surface area (Å²) in [5.74, 6) is 0.677. The molecule has 0 spiro atoms. The van der Waals surface area contributed by atoms with Crippen molar-refractivity contribution in [3.05, 3.63) is 12.7 Å². The van der Waals surface area contributed by atoms with Gasteiger partial charge in [-0.15, -0.1) is 0 Å². The molecule has 4 nitrogen and oxygen atoms in total. The first-order valence-electron chi connectivity index (χ1n) is 4.76. The van der Waals surface area contributed by atoms with Crippen LogP contribution in [0.5, 0.6) is 0 Å². The van der Waals surface area contributed by atoms with Crippen LogP contribution in [0.1, 0.15) is 20.8 Å². The van der Waals surface area contributed by atoms with Crippen molar-refractivity contribution in [1.82, 2.24) is 20.1 Å². The SMILES string of the molecule is CC(C)C(C)NCCn1cncn1. The molecule has 13 heavy (non-hydrogen) atoms. The first-order chi connectivity index (χ1) is 6.20. The Kier molecular flexibility index (Phi) is 3.89. The highest BCUT2D eigenvalue weighted by Gasteiger charge is 2.04. The molecule has 1 rings (SSSR count). The van der Waals surface area contributed by atoms with Crippen molar-refractivity contribution in [2.75, 3.05) is 6.54 Å². The van der Waals surface area contributed by atoms with Crippen LogP contribution < -0.4 is 5.32 Å². The largest absolute Gasteiger partial charge is 0.312 e. The minimum Gasteiger partial charge on any atom is -0.312 e. The minimum atomic E-state index is 0.559. The van der Waals surface area contributed by atoms with Crippen molar-refractivity contribution < 1.29 is 0 Å². The van der Waals surface area contributed by atoms with E-state index in [9.17, 15) is 0 Å². The molecule has 0 aliphatic rings. The monoisotopic (exact) mass is 182 g/mol. The van der Waals surface area contributed by atoms with E-state index in [2.05, 4.69) is 36.2 Å². The molecule has 1 aromatic rings. The van der Waals surface area contributed by atoms with Crippen molar-refractivity contribution >= 4 is 0 Å². The maximum absolute atomic E-state index is 4.02. The van der Waals surface area contributed by atoms with Crippen LogP contribution in [0.25, 0.3) is 0 Å². The first kappa shape index (κ1) is 10.2. The molecule has 1 unspecified atom stereocenters. The zero-order chi connectivity index (χ0) is 9.68. The highest BCUT2D eigenvalue weighted by atomic mass is 15.3. The van der Waals surface area contributed by atoms with Crippen molar-refractivity contribution in [2.24, 2.45) is 5.92 Å². The average molecular weight is 182 g/mol. The number of hydrogen-bond acceptors (Lipinski definition) is 3. The summed E-state index contributed by atoms with van der Waals surface area (Å²) in [5, 5.41) is 7.46. The van der Waals surface area contributed by atoms with E-state index in [1.807, 2.05) is 4.68 Å². The molecule has 0 aliphatic carbocycles. The molecular formula is C9H18N4. The summed E-state index contributed by atoms with van der Waals surface area (Å²) in [6, 6.07) is 0.559. The molecule has 0 bridgehead atoms. The summed E-state index contributed by atoms with van der Waals surface area (Å²) in [4.78, 5) is 3.88. The number of rotatable bonds is 5. The van der Waals surface area contributed by atoms with Gasteiger partial charge in [0.1, 0.15) is 12.7 Å². The van der Waals surface area contributed by atoms with E-state index >= 15 is 0 Å². The van der Waals surface area contributed by atoms with Gasteiger partial charge in [-0.3, -0.25) is 4.68 Å². The van der Waals surface area contributed by atoms with Gasteiger partial charge in [-0.25, -0.2) is 4.98 Å². The van der Waals surface area contributed by atoms with E-state index in [4.69, 9.17) is 0 Å². The van der Waals surface area contributed by atoms with Crippen LogP contribution in [0.3, 0.4) is 0 Å². The van der Waals surface area contributed by atoms with Gasteiger partial charge in [-0.2, -0.15) is 5.10 Å². The number of nitrogens with zero attached hydrogens (tertiary/aromatic N) is 3. The second kappa shape index (κ2) is 4.97. The zero-order valence-electron chi connectivity index (χ0n) is 8.57. The smallest absolute Gasteiger partial charge is 0.137 e. The molecule has 1 atom stereocenters. The molecule has 0 saturated heterocycles. The van der Waals surface area contributed by atoms with Crippen molar-refractivity contribution in [3.63, 3.8) is 0 Å². The fraction of sp³-hybridized carbons (Fsp3) is 0.778. The standard InChI is InChI=1S/C9H18N4/c1-8(2)9(3)11-4-5-13-7-10-6-12-13/h6-9,11H,4-5H2,1-3H3. The van der Waals surface area contributed by atoms with E-state index < -0.39 is 0 Å². The quantitative estimate of drug-likeness (QED) is 0.736. The number of nitrogens with one attached hydrogen (secondary N) is 1. The Morgan fingerprint density at radius 1 is 1.38 bits per heavy atom. The lowest BCUT2D eigenvalue weighted by molar-refractivity contribution is 0.410. The second-order valence-corrected chi connectivity index (χ2v) is 3.65. The Morgan fingerprint density at radius 2 is 2.15 bits per heavy atom. The molecule has 0 aromatic carbocycles. The lowest BCUT2D eigenvalue weighted by Gasteiger charge is -2.16. The topological polar surface area (TPSA) is 42.7 Å². The van der Waals surface area contributed by atoms with Crippen LogP contribution in [0.15, 0.2) is 12.7 Å². The molecule has 1 heterocycles. The Bertz CT molecular complexity index is 218. The molecule has 0 fully saturated rings. The highest BCUT2D eigenvalue weighted by molar-refractivity contribution is 4.64. The highest BCUT2D eigenvalue weighted by Crippen LogP contribution is 1.98. The Labute approximate surface area is 79.4 Å². The van der Waals surface area contributed by atoms with Gasteiger partial charge in [-0.05, 0) is 12.8 Å². The van der Waals surface area contributed by atoms with Gasteiger partial charge in [-0.1, -0.05) is 13.8 Å². The molecule has 0 amide bonds. The van der Waals surface area contributed by atoms with Crippen molar-refractivity contribution in [3.8, 4) is 0 Å². The summed E-state index contributed by atoms with van der Waals surface area (Å²) in [6.45, 7) is 8.46. The summed E-state index contributed by atoms with van der Waals surface area (Å²) < 4.78 is 1.83. The maximum atomic E-state index is 4.02. The van der Waals surface area contributed by atoms with E-state index in [-0.39, 0.29) is 0 Å². The van der Waals surface area contributed by atoms with Gasteiger partial charge in [0.2, 0.25) is 0 Å². The maximum Gasteiger partial charge on any atom is 0.137 e. The Morgan fingerprint density at radius 3 is 2.69 bits per heavy atom. The third-order valence-corrected chi connectivity index (χ3v) is 2.27. The Hall–Kier alpha value is -0.900. The predicted octanol–water partition coefficient (Wildman–Crippen LogP) is 0.912.